The first kappa shape index (κ1) is 31.0. The highest BCUT2D eigenvalue weighted by molar-refractivity contribution is 5.95. The quantitative estimate of drug-likeness (QED) is 0.0504. The van der Waals surface area contributed by atoms with E-state index in [2.05, 4.69) is 15.6 Å². The van der Waals surface area contributed by atoms with Gasteiger partial charge in [-0.1, -0.05) is 0 Å². The Hall–Kier alpha value is -3.99. The lowest BCUT2D eigenvalue weighted by Gasteiger charge is -2.24. The number of primary amides is 1. The van der Waals surface area contributed by atoms with Gasteiger partial charge in [-0.3, -0.25) is 29.0 Å². The number of hydrogen-bond donors (Lipinski definition) is 10. The predicted octanol–water partition coefficient (Wildman–Crippen LogP) is -5.36. The molecule has 4 atom stereocenters. The molecule has 14 N–H and O–H groups in total. The van der Waals surface area contributed by atoms with Crippen LogP contribution in [0, 0.1) is 0 Å². The van der Waals surface area contributed by atoms with Crippen molar-refractivity contribution in [2.24, 2.45) is 27.9 Å². The van der Waals surface area contributed by atoms with E-state index in [0.717, 1.165) is 0 Å². The van der Waals surface area contributed by atoms with Crippen LogP contribution < -0.4 is 38.9 Å². The van der Waals surface area contributed by atoms with Gasteiger partial charge in [0.15, 0.2) is 5.96 Å². The van der Waals surface area contributed by atoms with Crippen LogP contribution in [0.4, 0.5) is 0 Å². The van der Waals surface area contributed by atoms with Gasteiger partial charge in [0.05, 0.1) is 13.0 Å². The highest BCUT2D eigenvalue weighted by Gasteiger charge is 2.31. The molecule has 0 bridgehead atoms. The maximum Gasteiger partial charge on any atom is 0.326 e. The number of aliphatic carboxylic acids is 2. The number of aliphatic hydroxyl groups excluding tert-OH is 1. The number of aliphatic hydroxyl groups is 1. The van der Waals surface area contributed by atoms with Crippen LogP contribution >= 0.6 is 0 Å². The number of hydrogen-bond acceptors (Lipinski definition) is 9. The van der Waals surface area contributed by atoms with E-state index in [4.69, 9.17) is 38.3 Å². The second-order valence-electron chi connectivity index (χ2n) is 7.36. The Kier molecular flexibility index (Phi) is 14.0. The number of rotatable bonds is 17. The Morgan fingerprint density at radius 1 is 0.800 bits per heavy atom. The van der Waals surface area contributed by atoms with Gasteiger partial charge in [-0.2, -0.15) is 0 Å². The summed E-state index contributed by atoms with van der Waals surface area (Å²) in [7, 11) is 0. The minimum atomic E-state index is -1.72. The van der Waals surface area contributed by atoms with Gasteiger partial charge in [-0.25, -0.2) is 4.79 Å². The van der Waals surface area contributed by atoms with Gasteiger partial charge in [0.1, 0.15) is 24.2 Å². The molecule has 35 heavy (non-hydrogen) atoms. The van der Waals surface area contributed by atoms with Crippen molar-refractivity contribution < 1.29 is 44.1 Å². The lowest BCUT2D eigenvalue weighted by Crippen LogP contribution is -2.57. The van der Waals surface area contributed by atoms with Crippen LogP contribution in [-0.2, 0) is 28.8 Å². The van der Waals surface area contributed by atoms with Crippen LogP contribution in [0.3, 0.4) is 0 Å². The molecule has 0 saturated carbocycles. The van der Waals surface area contributed by atoms with Gasteiger partial charge in [0, 0.05) is 13.0 Å². The summed E-state index contributed by atoms with van der Waals surface area (Å²) in [6.45, 7) is -0.626. The third-order valence-corrected chi connectivity index (χ3v) is 4.41. The molecule has 0 aliphatic carbocycles. The van der Waals surface area contributed by atoms with Crippen LogP contribution in [0.2, 0.25) is 0 Å². The molecule has 0 aromatic heterocycles. The normalized spacial score (nSPS) is 13.9. The van der Waals surface area contributed by atoms with Crippen LogP contribution in [0.15, 0.2) is 4.99 Å². The number of carboxylic acid groups (broad SMARTS) is 2. The first-order chi connectivity index (χ1) is 16.3. The topological polar surface area (TPSA) is 316 Å². The number of nitrogens with one attached hydrogen (secondary N) is 3. The zero-order valence-electron chi connectivity index (χ0n) is 18.8. The van der Waals surface area contributed by atoms with E-state index in [0.29, 0.717) is 0 Å². The van der Waals surface area contributed by atoms with Crippen molar-refractivity contribution in [2.75, 3.05) is 13.2 Å². The summed E-state index contributed by atoms with van der Waals surface area (Å²) in [6.07, 6.45) is -1.62. The molecule has 0 saturated heterocycles. The van der Waals surface area contributed by atoms with E-state index in [9.17, 15) is 28.8 Å². The number of carboxylic acids is 2. The maximum atomic E-state index is 12.8. The van der Waals surface area contributed by atoms with E-state index in [1.807, 2.05) is 5.32 Å². The molecular formula is C18H32N8O9. The molecule has 4 unspecified atom stereocenters. The van der Waals surface area contributed by atoms with Crippen molar-refractivity contribution in [2.45, 2.75) is 56.3 Å². The maximum absolute atomic E-state index is 12.8. The second-order valence-corrected chi connectivity index (χ2v) is 7.36. The SMILES string of the molecule is NC(=O)CC(NC(=O)C(CCC(=O)O)NC(=O)C(CCCN=C(N)N)NC(=O)C(N)CO)C(=O)O. The third kappa shape index (κ3) is 13.3. The van der Waals surface area contributed by atoms with Crippen molar-refractivity contribution >= 4 is 41.5 Å². The number of carbonyl (C=O) groups excluding carboxylic acids is 4. The average molecular weight is 505 g/mol. The van der Waals surface area contributed by atoms with Gasteiger partial charge >= 0.3 is 11.9 Å². The molecule has 0 fully saturated rings. The van der Waals surface area contributed by atoms with Gasteiger partial charge < -0.3 is 54.2 Å². The van der Waals surface area contributed by atoms with E-state index in [-0.39, 0.29) is 25.3 Å². The van der Waals surface area contributed by atoms with Crippen molar-refractivity contribution in [1.82, 2.24) is 16.0 Å². The highest BCUT2D eigenvalue weighted by atomic mass is 16.4. The first-order valence-corrected chi connectivity index (χ1v) is 10.3. The summed E-state index contributed by atoms with van der Waals surface area (Å²) in [5, 5.41) is 33.7. The fraction of sp³-hybridized carbons (Fsp3) is 0.611. The Labute approximate surface area is 199 Å². The standard InChI is InChI=1S/C18H32N8O9/c19-8(7-27)14(31)24-9(2-1-5-23-18(21)22)15(32)25-10(3-4-13(29)30)16(33)26-11(17(34)35)6-12(20)28/h8-11,27H,1-7,19H2,(H2,20,28)(H,24,31)(H,25,32)(H,26,33)(H,29,30)(H,34,35)(H4,21,22,23). The number of nitrogens with zero attached hydrogens (tertiary/aromatic N) is 1. The van der Waals surface area contributed by atoms with Crippen LogP contribution in [0.5, 0.6) is 0 Å². The average Bonchev–Trinajstić information content (AvgIpc) is 2.76. The minimum Gasteiger partial charge on any atom is -0.481 e. The summed E-state index contributed by atoms with van der Waals surface area (Å²) in [4.78, 5) is 74.6. The number of carbonyl (C=O) groups is 6. The van der Waals surface area contributed by atoms with Gasteiger partial charge in [-0.15, -0.1) is 0 Å². The van der Waals surface area contributed by atoms with Gasteiger partial charge in [-0.05, 0) is 19.3 Å². The fourth-order valence-corrected chi connectivity index (χ4v) is 2.62. The molecule has 0 spiro atoms. The number of aliphatic imine (C=N–C) groups is 1. The number of amides is 4. The zero-order valence-corrected chi connectivity index (χ0v) is 18.8. The number of nitrogens with two attached hydrogens (primary N) is 4. The van der Waals surface area contributed by atoms with E-state index < -0.39 is 85.6 Å². The molecule has 0 radical (unpaired) electrons. The van der Waals surface area contributed by atoms with Crippen LogP contribution in [0.1, 0.15) is 32.1 Å². The molecule has 0 aliphatic heterocycles. The molecular weight excluding hydrogens is 472 g/mol. The van der Waals surface area contributed by atoms with Crippen molar-refractivity contribution in [3.05, 3.63) is 0 Å². The smallest absolute Gasteiger partial charge is 0.326 e. The van der Waals surface area contributed by atoms with E-state index in [1.54, 1.807) is 0 Å². The first-order valence-electron chi connectivity index (χ1n) is 10.3. The minimum absolute atomic E-state index is 0.0425. The Morgan fingerprint density at radius 3 is 1.77 bits per heavy atom. The monoisotopic (exact) mass is 504 g/mol. The van der Waals surface area contributed by atoms with Crippen LogP contribution in [0.25, 0.3) is 0 Å². The molecule has 198 valence electrons. The molecule has 0 aromatic carbocycles. The molecule has 0 aliphatic rings. The van der Waals surface area contributed by atoms with Crippen molar-refractivity contribution in [1.29, 1.82) is 0 Å². The summed E-state index contributed by atoms with van der Waals surface area (Å²) >= 11 is 0. The Morgan fingerprint density at radius 2 is 1.31 bits per heavy atom. The highest BCUT2D eigenvalue weighted by Crippen LogP contribution is 2.05. The lowest BCUT2D eigenvalue weighted by molar-refractivity contribution is -0.144. The van der Waals surface area contributed by atoms with Gasteiger partial charge in [0.2, 0.25) is 23.6 Å². The van der Waals surface area contributed by atoms with Crippen molar-refractivity contribution in [3.63, 3.8) is 0 Å². The third-order valence-electron chi connectivity index (χ3n) is 4.41. The summed E-state index contributed by atoms with van der Waals surface area (Å²) < 4.78 is 0. The fourth-order valence-electron chi connectivity index (χ4n) is 2.62. The van der Waals surface area contributed by atoms with E-state index >= 15 is 0 Å². The summed E-state index contributed by atoms with van der Waals surface area (Å²) in [5.74, 6) is -7.01. The predicted molar refractivity (Wildman–Crippen MR) is 119 cm³/mol. The molecule has 0 rings (SSSR count). The summed E-state index contributed by atoms with van der Waals surface area (Å²) in [6, 6.07) is -5.91. The molecule has 17 heteroatoms. The second kappa shape index (κ2) is 15.8. The van der Waals surface area contributed by atoms with Crippen molar-refractivity contribution in [3.8, 4) is 0 Å². The van der Waals surface area contributed by atoms with E-state index in [1.165, 1.54) is 0 Å². The largest absolute Gasteiger partial charge is 0.481 e. The van der Waals surface area contributed by atoms with Gasteiger partial charge in [0.25, 0.3) is 0 Å². The molecule has 17 nitrogen and oxygen atoms in total. The Balaban J connectivity index is 5.63. The summed E-state index contributed by atoms with van der Waals surface area (Å²) in [5.41, 5.74) is 20.9. The Bertz CT molecular complexity index is 816. The number of guanidine groups is 1. The zero-order chi connectivity index (χ0) is 27.1. The molecule has 0 heterocycles. The molecule has 0 aromatic rings. The molecule has 4 amide bonds. The van der Waals surface area contributed by atoms with Crippen LogP contribution in [-0.4, -0.2) is 94.2 Å². The lowest BCUT2D eigenvalue weighted by atomic mass is 10.1.